The van der Waals surface area contributed by atoms with Gasteiger partial charge in [-0.15, -0.1) is 0 Å². The summed E-state index contributed by atoms with van der Waals surface area (Å²) >= 11 is 5.36. The molecule has 4 rings (SSSR count). The molecule has 1 radical (unpaired) electrons. The minimum atomic E-state index is -0.0546. The molecule has 0 saturated carbocycles. The van der Waals surface area contributed by atoms with Crippen molar-refractivity contribution in [3.05, 3.63) is 28.2 Å². The first kappa shape index (κ1) is 13.4. The van der Waals surface area contributed by atoms with Crippen LogP contribution in [0.15, 0.2) is 22.7 Å². The Balaban J connectivity index is 1.90. The zero-order valence-electron chi connectivity index (χ0n) is 10.8. The molecule has 0 aliphatic carbocycles. The molecule has 3 nitrogen and oxygen atoms in total. The van der Waals surface area contributed by atoms with Crippen LogP contribution in [-0.4, -0.2) is 41.5 Å². The second-order valence-corrected chi connectivity index (χ2v) is 9.89. The van der Waals surface area contributed by atoms with Crippen molar-refractivity contribution < 1.29 is 9.53 Å². The average molecular weight is 418 g/mol. The number of thioether (sulfide) groups is 1. The third-order valence-electron chi connectivity index (χ3n) is 4.12. The molecule has 3 aliphatic heterocycles. The van der Waals surface area contributed by atoms with E-state index in [1.54, 1.807) is 0 Å². The van der Waals surface area contributed by atoms with Crippen LogP contribution in [0.5, 0.6) is 5.75 Å². The van der Waals surface area contributed by atoms with Crippen LogP contribution in [0.3, 0.4) is 0 Å². The summed E-state index contributed by atoms with van der Waals surface area (Å²) in [5.74, 6) is 2.34. The van der Waals surface area contributed by atoms with Crippen LogP contribution in [0.1, 0.15) is 18.4 Å². The third-order valence-corrected chi connectivity index (χ3v) is 8.60. The van der Waals surface area contributed by atoms with Crippen LogP contribution in [-0.2, 0) is 0 Å². The molecule has 1 saturated heterocycles. The van der Waals surface area contributed by atoms with E-state index in [-0.39, 0.29) is 30.1 Å². The molecule has 1 N–H and O–H groups in total. The van der Waals surface area contributed by atoms with Gasteiger partial charge in [0.2, 0.25) is 0 Å². The summed E-state index contributed by atoms with van der Waals surface area (Å²) in [7, 11) is 0. The van der Waals surface area contributed by atoms with Crippen molar-refractivity contribution >= 4 is 51.4 Å². The number of hydrogen-bond donors (Lipinski definition) is 1. The van der Waals surface area contributed by atoms with E-state index in [4.69, 9.17) is 4.74 Å². The van der Waals surface area contributed by atoms with Gasteiger partial charge in [0, 0.05) is 0 Å². The number of halogens is 1. The molecule has 3 aliphatic rings. The standard InChI is InChI=1S/C14H13BrNO2SSe/c1-14-5-18-9-3-2-7(15)4-8(9)10(14)11-12(19-6-14)16-13(17)20-11/h2-4,10,12H,5-6H2,1H3,(H,16,17). The van der Waals surface area contributed by atoms with Crippen molar-refractivity contribution in [1.82, 2.24) is 5.32 Å². The number of fused-ring (bicyclic) bond motifs is 5. The molecule has 1 amide bonds. The van der Waals surface area contributed by atoms with E-state index in [9.17, 15) is 4.79 Å². The normalized spacial score (nSPS) is 34.3. The van der Waals surface area contributed by atoms with Crippen LogP contribution < -0.4 is 10.1 Å². The summed E-state index contributed by atoms with van der Waals surface area (Å²) < 4.78 is 8.45. The van der Waals surface area contributed by atoms with Gasteiger partial charge in [0.25, 0.3) is 0 Å². The fourth-order valence-corrected chi connectivity index (χ4v) is 7.97. The molecule has 3 atom stereocenters. The Morgan fingerprint density at radius 3 is 3.25 bits per heavy atom. The van der Waals surface area contributed by atoms with Crippen LogP contribution in [0.2, 0.25) is 0 Å². The van der Waals surface area contributed by atoms with Gasteiger partial charge in [-0.3, -0.25) is 0 Å². The Morgan fingerprint density at radius 1 is 1.55 bits per heavy atom. The minimum absolute atomic E-state index is 0.0546. The summed E-state index contributed by atoms with van der Waals surface area (Å²) in [5.41, 5.74) is 1.34. The predicted octanol–water partition coefficient (Wildman–Crippen LogP) is 2.60. The number of carbonyl (C=O) groups excluding carboxylic acids is 1. The van der Waals surface area contributed by atoms with Crippen LogP contribution >= 0.6 is 27.7 Å². The number of benzene rings is 1. The second kappa shape index (κ2) is 4.60. The van der Waals surface area contributed by atoms with E-state index in [0.717, 1.165) is 22.6 Å². The molecule has 0 spiro atoms. The van der Waals surface area contributed by atoms with E-state index in [1.165, 1.54) is 9.98 Å². The van der Waals surface area contributed by atoms with Crippen molar-refractivity contribution in [2.75, 3.05) is 12.4 Å². The molecule has 1 aromatic rings. The first-order valence-corrected chi connectivity index (χ1v) is 10.0. The summed E-state index contributed by atoms with van der Waals surface area (Å²) in [6.45, 7) is 3.02. The van der Waals surface area contributed by atoms with Crippen molar-refractivity contribution in [3.8, 4) is 5.75 Å². The third kappa shape index (κ3) is 1.92. The fourth-order valence-electron chi connectivity index (χ4n) is 3.18. The SMILES string of the molecule is CC12COc3ccc(Br)cc3C1C1=[Se]C(=O)NC1SC2. The van der Waals surface area contributed by atoms with E-state index >= 15 is 0 Å². The molecule has 0 aromatic heterocycles. The van der Waals surface area contributed by atoms with Gasteiger partial charge in [0.1, 0.15) is 0 Å². The second-order valence-electron chi connectivity index (χ2n) is 5.69. The molecule has 6 heteroatoms. The van der Waals surface area contributed by atoms with Crippen LogP contribution in [0.25, 0.3) is 0 Å². The average Bonchev–Trinajstić information content (AvgIpc) is 2.78. The summed E-state index contributed by atoms with van der Waals surface area (Å²) in [6, 6.07) is 6.22. The summed E-state index contributed by atoms with van der Waals surface area (Å²) in [5, 5.41) is 3.33. The number of hydrogen-bond acceptors (Lipinski definition) is 3. The van der Waals surface area contributed by atoms with Gasteiger partial charge in [-0.25, -0.2) is 0 Å². The molecule has 3 unspecified atom stereocenters. The molecular weight excluding hydrogens is 405 g/mol. The molecule has 1 fully saturated rings. The monoisotopic (exact) mass is 418 g/mol. The van der Waals surface area contributed by atoms with Gasteiger partial charge in [0.15, 0.2) is 0 Å². The Hall–Kier alpha value is -0.291. The predicted molar refractivity (Wildman–Crippen MR) is 86.0 cm³/mol. The Kier molecular flexibility index (Phi) is 3.08. The Labute approximate surface area is 136 Å². The quantitative estimate of drug-likeness (QED) is 0.659. The van der Waals surface area contributed by atoms with Gasteiger partial charge in [-0.05, 0) is 0 Å². The zero-order valence-corrected chi connectivity index (χ0v) is 14.9. The van der Waals surface area contributed by atoms with Crippen LogP contribution in [0.4, 0.5) is 4.79 Å². The van der Waals surface area contributed by atoms with Gasteiger partial charge in [0.05, 0.1) is 0 Å². The van der Waals surface area contributed by atoms with E-state index in [2.05, 4.69) is 34.2 Å². The summed E-state index contributed by atoms with van der Waals surface area (Å²) in [4.78, 5) is 12.0. The summed E-state index contributed by atoms with van der Waals surface area (Å²) in [6.07, 6.45) is 0. The van der Waals surface area contributed by atoms with Crippen molar-refractivity contribution in [1.29, 1.82) is 0 Å². The fraction of sp³-hybridized carbons (Fsp3) is 0.429. The first-order valence-electron chi connectivity index (χ1n) is 6.46. The number of rotatable bonds is 0. The molecule has 0 bridgehead atoms. The Morgan fingerprint density at radius 2 is 2.40 bits per heavy atom. The topological polar surface area (TPSA) is 38.3 Å². The molecule has 3 heterocycles. The van der Waals surface area contributed by atoms with Gasteiger partial charge >= 0.3 is 136 Å². The van der Waals surface area contributed by atoms with Crippen molar-refractivity contribution in [3.63, 3.8) is 0 Å². The van der Waals surface area contributed by atoms with E-state index in [0.29, 0.717) is 5.92 Å². The number of ether oxygens (including phenoxy) is 1. The maximum absolute atomic E-state index is 11.8. The van der Waals surface area contributed by atoms with Gasteiger partial charge < -0.3 is 0 Å². The number of nitrogens with one attached hydrogen (secondary N) is 1. The van der Waals surface area contributed by atoms with Gasteiger partial charge in [-0.2, -0.15) is 0 Å². The van der Waals surface area contributed by atoms with Crippen LogP contribution in [0, 0.1) is 5.41 Å². The number of carbonyl (C=O) groups is 1. The maximum atomic E-state index is 11.8. The zero-order chi connectivity index (χ0) is 13.9. The first-order chi connectivity index (χ1) is 9.57. The van der Waals surface area contributed by atoms with Crippen molar-refractivity contribution in [2.24, 2.45) is 5.41 Å². The van der Waals surface area contributed by atoms with E-state index < -0.39 is 0 Å². The Bertz CT molecular complexity index is 650. The van der Waals surface area contributed by atoms with Crippen molar-refractivity contribution in [2.45, 2.75) is 18.2 Å². The van der Waals surface area contributed by atoms with E-state index in [1.807, 2.05) is 23.9 Å². The molecule has 105 valence electrons. The number of amides is 1. The van der Waals surface area contributed by atoms with Gasteiger partial charge in [-0.1, -0.05) is 0 Å². The molecule has 1 aromatic carbocycles. The molecule has 20 heavy (non-hydrogen) atoms. The molecular formula is C14H13BrNO2SSe.